The van der Waals surface area contributed by atoms with Gasteiger partial charge in [0.25, 0.3) is 0 Å². The maximum Gasteiger partial charge on any atom is 0.223 e. The fourth-order valence-corrected chi connectivity index (χ4v) is 3.61. The molecule has 2 aromatic carbocycles. The molecule has 126 valence electrons. The van der Waals surface area contributed by atoms with Crippen LogP contribution in [0.5, 0.6) is 5.75 Å². The first-order valence-electron chi connectivity index (χ1n) is 8.71. The second-order valence-electron chi connectivity index (χ2n) is 6.36. The number of nitrogens with zero attached hydrogens (tertiary/aromatic N) is 1. The Bertz CT molecular complexity index is 721. The lowest BCUT2D eigenvalue weighted by atomic mass is 9.87. The van der Waals surface area contributed by atoms with Gasteiger partial charge in [-0.25, -0.2) is 0 Å². The molecule has 0 aromatic heterocycles. The number of hydrogen-bond donors (Lipinski definition) is 0. The molecule has 0 radical (unpaired) electrons. The molecule has 1 aliphatic rings. The molecular weight excluding hydrogens is 298 g/mol. The number of amides is 1. The molecule has 24 heavy (non-hydrogen) atoms. The van der Waals surface area contributed by atoms with Crippen LogP contribution in [-0.2, 0) is 11.2 Å². The lowest BCUT2D eigenvalue weighted by Gasteiger charge is -2.36. The van der Waals surface area contributed by atoms with Crippen molar-refractivity contribution in [2.45, 2.75) is 39.2 Å². The topological polar surface area (TPSA) is 29.5 Å². The van der Waals surface area contributed by atoms with Crippen LogP contribution in [0.15, 0.2) is 42.5 Å². The van der Waals surface area contributed by atoms with E-state index in [2.05, 4.69) is 44.2 Å². The van der Waals surface area contributed by atoms with Crippen molar-refractivity contribution in [2.24, 2.45) is 0 Å². The van der Waals surface area contributed by atoms with Crippen LogP contribution in [0.4, 0.5) is 0 Å². The van der Waals surface area contributed by atoms with Gasteiger partial charge in [0, 0.05) is 13.0 Å². The minimum Gasteiger partial charge on any atom is -0.497 e. The average molecular weight is 323 g/mol. The van der Waals surface area contributed by atoms with E-state index in [1.807, 2.05) is 17.0 Å². The highest BCUT2D eigenvalue weighted by Crippen LogP contribution is 2.36. The lowest BCUT2D eigenvalue weighted by Crippen LogP contribution is -2.38. The van der Waals surface area contributed by atoms with Crippen molar-refractivity contribution in [1.29, 1.82) is 0 Å². The fraction of sp³-hybridized carbons (Fsp3) is 0.381. The zero-order valence-electron chi connectivity index (χ0n) is 14.7. The van der Waals surface area contributed by atoms with Gasteiger partial charge in [-0.1, -0.05) is 37.3 Å². The number of methoxy groups -OCH3 is 1. The largest absolute Gasteiger partial charge is 0.497 e. The minimum atomic E-state index is 0.144. The molecule has 1 heterocycles. The first kappa shape index (κ1) is 16.6. The fourth-order valence-electron chi connectivity index (χ4n) is 3.61. The van der Waals surface area contributed by atoms with Crippen molar-refractivity contribution in [3.63, 3.8) is 0 Å². The molecule has 0 unspecified atom stereocenters. The predicted molar refractivity (Wildman–Crippen MR) is 97.2 cm³/mol. The summed E-state index contributed by atoms with van der Waals surface area (Å²) in [6.45, 7) is 5.01. The summed E-state index contributed by atoms with van der Waals surface area (Å²) in [6.07, 6.45) is 2.45. The molecule has 0 fully saturated rings. The molecule has 3 heteroatoms. The molecule has 1 amide bonds. The van der Waals surface area contributed by atoms with E-state index in [1.54, 1.807) is 7.11 Å². The molecular formula is C21H25NO2. The normalized spacial score (nSPS) is 16.6. The van der Waals surface area contributed by atoms with Crippen molar-refractivity contribution in [1.82, 2.24) is 4.90 Å². The van der Waals surface area contributed by atoms with Crippen LogP contribution in [0.25, 0.3) is 11.1 Å². The van der Waals surface area contributed by atoms with E-state index in [4.69, 9.17) is 4.74 Å². The Morgan fingerprint density at radius 2 is 1.96 bits per heavy atom. The second kappa shape index (κ2) is 7.08. The summed E-state index contributed by atoms with van der Waals surface area (Å²) in [6, 6.07) is 14.8. The van der Waals surface area contributed by atoms with Crippen LogP contribution < -0.4 is 4.74 Å². The molecule has 0 N–H and O–H groups in total. The summed E-state index contributed by atoms with van der Waals surface area (Å²) in [5.74, 6) is 1.14. The molecule has 0 saturated heterocycles. The van der Waals surface area contributed by atoms with Gasteiger partial charge in [-0.2, -0.15) is 0 Å². The van der Waals surface area contributed by atoms with Crippen LogP contribution >= 0.6 is 0 Å². The van der Waals surface area contributed by atoms with Gasteiger partial charge in [-0.05, 0) is 54.2 Å². The van der Waals surface area contributed by atoms with Crippen LogP contribution in [0.3, 0.4) is 0 Å². The van der Waals surface area contributed by atoms with E-state index in [-0.39, 0.29) is 11.9 Å². The average Bonchev–Trinajstić information content (AvgIpc) is 2.62. The Balaban J connectivity index is 1.95. The van der Waals surface area contributed by atoms with Crippen LogP contribution in [-0.4, -0.2) is 24.5 Å². The number of carbonyl (C=O) groups excluding carboxylic acids is 1. The maximum absolute atomic E-state index is 12.4. The van der Waals surface area contributed by atoms with Crippen molar-refractivity contribution in [3.05, 3.63) is 53.6 Å². The Hall–Kier alpha value is -2.29. The SMILES string of the molecule is CCCC(=O)N1CCc2c(-c3ccc(OC)cc3)cccc2[C@H]1C. The smallest absolute Gasteiger partial charge is 0.223 e. The zero-order chi connectivity index (χ0) is 17.1. The monoisotopic (exact) mass is 323 g/mol. The summed E-state index contributed by atoms with van der Waals surface area (Å²) < 4.78 is 5.25. The van der Waals surface area contributed by atoms with Gasteiger partial charge in [-0.3, -0.25) is 4.79 Å². The first-order chi connectivity index (χ1) is 11.7. The van der Waals surface area contributed by atoms with Gasteiger partial charge >= 0.3 is 0 Å². The molecule has 3 rings (SSSR count). The van der Waals surface area contributed by atoms with Gasteiger partial charge < -0.3 is 9.64 Å². The first-order valence-corrected chi connectivity index (χ1v) is 8.71. The second-order valence-corrected chi connectivity index (χ2v) is 6.36. The molecule has 3 nitrogen and oxygen atoms in total. The summed E-state index contributed by atoms with van der Waals surface area (Å²) in [4.78, 5) is 14.4. The number of carbonyl (C=O) groups is 1. The molecule has 0 spiro atoms. The molecule has 1 atom stereocenters. The number of hydrogen-bond acceptors (Lipinski definition) is 2. The summed E-state index contributed by atoms with van der Waals surface area (Å²) in [7, 11) is 1.68. The Labute approximate surface area is 144 Å². The summed E-state index contributed by atoms with van der Waals surface area (Å²) in [5.41, 5.74) is 5.12. The molecule has 1 aliphatic heterocycles. The Morgan fingerprint density at radius 1 is 1.21 bits per heavy atom. The van der Waals surface area contributed by atoms with Gasteiger partial charge in [0.1, 0.15) is 5.75 Å². The quantitative estimate of drug-likeness (QED) is 0.822. The minimum absolute atomic E-state index is 0.144. The van der Waals surface area contributed by atoms with E-state index >= 15 is 0 Å². The zero-order valence-corrected chi connectivity index (χ0v) is 14.7. The highest BCUT2D eigenvalue weighted by Gasteiger charge is 2.28. The Kier molecular flexibility index (Phi) is 4.89. The van der Waals surface area contributed by atoms with Gasteiger partial charge in [0.05, 0.1) is 13.2 Å². The van der Waals surface area contributed by atoms with Crippen LogP contribution in [0.1, 0.15) is 43.9 Å². The lowest BCUT2D eigenvalue weighted by molar-refractivity contribution is -0.133. The maximum atomic E-state index is 12.4. The van der Waals surface area contributed by atoms with Gasteiger partial charge in [-0.15, -0.1) is 0 Å². The third-order valence-corrected chi connectivity index (χ3v) is 4.92. The van der Waals surface area contributed by atoms with Gasteiger partial charge in [0.2, 0.25) is 5.91 Å². The third kappa shape index (κ3) is 3.03. The summed E-state index contributed by atoms with van der Waals surface area (Å²) >= 11 is 0. The standard InChI is InChI=1S/C21H25NO2/c1-4-6-21(23)22-14-13-20-18(15(22)2)7-5-8-19(20)16-9-11-17(24-3)12-10-16/h5,7-12,15H,4,6,13-14H2,1-3H3/t15-/m1/s1. The van der Waals surface area contributed by atoms with E-state index in [0.29, 0.717) is 6.42 Å². The molecule has 2 aromatic rings. The predicted octanol–water partition coefficient (Wildman–Crippen LogP) is 4.61. The number of fused-ring (bicyclic) bond motifs is 1. The van der Waals surface area contributed by atoms with E-state index in [0.717, 1.165) is 25.1 Å². The third-order valence-electron chi connectivity index (χ3n) is 4.92. The number of ether oxygens (including phenoxy) is 1. The van der Waals surface area contributed by atoms with Crippen molar-refractivity contribution >= 4 is 5.91 Å². The molecule has 0 aliphatic carbocycles. The number of benzene rings is 2. The van der Waals surface area contributed by atoms with Crippen molar-refractivity contribution in [2.75, 3.05) is 13.7 Å². The van der Waals surface area contributed by atoms with Crippen molar-refractivity contribution in [3.8, 4) is 16.9 Å². The Morgan fingerprint density at radius 3 is 2.62 bits per heavy atom. The molecule has 0 bridgehead atoms. The van der Waals surface area contributed by atoms with Crippen LogP contribution in [0.2, 0.25) is 0 Å². The van der Waals surface area contributed by atoms with E-state index < -0.39 is 0 Å². The summed E-state index contributed by atoms with van der Waals surface area (Å²) in [5, 5.41) is 0. The van der Waals surface area contributed by atoms with Crippen LogP contribution in [0, 0.1) is 0 Å². The van der Waals surface area contributed by atoms with E-state index in [9.17, 15) is 4.79 Å². The molecule has 0 saturated carbocycles. The van der Waals surface area contributed by atoms with Crippen molar-refractivity contribution < 1.29 is 9.53 Å². The highest BCUT2D eigenvalue weighted by atomic mass is 16.5. The number of rotatable bonds is 4. The highest BCUT2D eigenvalue weighted by molar-refractivity contribution is 5.78. The van der Waals surface area contributed by atoms with E-state index in [1.165, 1.54) is 22.3 Å². The van der Waals surface area contributed by atoms with Gasteiger partial charge in [0.15, 0.2) is 0 Å².